The first-order chi connectivity index (χ1) is 12.1. The van der Waals surface area contributed by atoms with E-state index in [-0.39, 0.29) is 5.78 Å². The van der Waals surface area contributed by atoms with E-state index in [0.717, 1.165) is 11.0 Å². The van der Waals surface area contributed by atoms with Gasteiger partial charge < -0.3 is 9.84 Å². The van der Waals surface area contributed by atoms with Gasteiger partial charge in [0.05, 0.1) is 22.9 Å². The Morgan fingerprint density at radius 2 is 1.76 bits per heavy atom. The van der Waals surface area contributed by atoms with Crippen molar-refractivity contribution in [2.75, 3.05) is 6.61 Å². The van der Waals surface area contributed by atoms with Gasteiger partial charge in [-0.2, -0.15) is 0 Å². The van der Waals surface area contributed by atoms with Crippen molar-refractivity contribution in [2.24, 2.45) is 0 Å². The van der Waals surface area contributed by atoms with Crippen molar-refractivity contribution in [3.63, 3.8) is 0 Å². The average Bonchev–Trinajstić information content (AvgIpc) is 2.64. The fourth-order valence-electron chi connectivity index (χ4n) is 2.17. The lowest BCUT2D eigenvalue weighted by Crippen LogP contribution is -2.09. The molecule has 3 aromatic rings. The number of aromatic nitrogens is 2. The van der Waals surface area contributed by atoms with E-state index in [2.05, 4.69) is 9.97 Å². The Balaban J connectivity index is 1.69. The molecule has 3 rings (SSSR count). The van der Waals surface area contributed by atoms with Crippen LogP contribution in [0.2, 0.25) is 0 Å². The Hall–Kier alpha value is -3.54. The molecule has 25 heavy (non-hydrogen) atoms. The molecule has 1 aromatic heterocycles. The zero-order chi connectivity index (χ0) is 17.6. The summed E-state index contributed by atoms with van der Waals surface area (Å²) < 4.78 is 5.03. The minimum absolute atomic E-state index is 0.195. The van der Waals surface area contributed by atoms with Crippen LogP contribution in [0.5, 0.6) is 5.75 Å². The highest BCUT2D eigenvalue weighted by Crippen LogP contribution is 2.14. The summed E-state index contributed by atoms with van der Waals surface area (Å²) in [6.45, 7) is -0.423. The quantitative estimate of drug-likeness (QED) is 0.550. The number of carbonyl (C=O) groups is 2. The second-order valence-electron chi connectivity index (χ2n) is 5.19. The number of ether oxygens (including phenoxy) is 1. The molecule has 6 nitrogen and oxygen atoms in total. The molecule has 0 bridgehead atoms. The number of carboxylic acid groups (broad SMARTS) is 1. The molecule has 0 amide bonds. The summed E-state index contributed by atoms with van der Waals surface area (Å²) in [6.07, 6.45) is 4.64. The molecule has 0 aliphatic heterocycles. The lowest BCUT2D eigenvalue weighted by Gasteiger charge is -2.03. The maximum atomic E-state index is 12.2. The first-order valence-electron chi connectivity index (χ1n) is 7.51. The maximum absolute atomic E-state index is 12.2. The molecule has 0 saturated heterocycles. The Morgan fingerprint density at radius 1 is 1.04 bits per heavy atom. The molecule has 1 heterocycles. The van der Waals surface area contributed by atoms with Gasteiger partial charge in [0.1, 0.15) is 5.75 Å². The van der Waals surface area contributed by atoms with Crippen LogP contribution in [0.3, 0.4) is 0 Å². The van der Waals surface area contributed by atoms with Gasteiger partial charge in [0.25, 0.3) is 0 Å². The monoisotopic (exact) mass is 334 g/mol. The van der Waals surface area contributed by atoms with Gasteiger partial charge in [0.2, 0.25) is 0 Å². The summed E-state index contributed by atoms with van der Waals surface area (Å²) in [7, 11) is 0. The molecule has 0 aliphatic carbocycles. The normalized spacial score (nSPS) is 10.9. The van der Waals surface area contributed by atoms with Gasteiger partial charge in [-0.1, -0.05) is 12.1 Å². The van der Waals surface area contributed by atoms with Gasteiger partial charge in [-0.3, -0.25) is 9.78 Å². The Bertz CT molecular complexity index is 949. The number of hydrogen-bond acceptors (Lipinski definition) is 5. The van der Waals surface area contributed by atoms with Gasteiger partial charge >= 0.3 is 5.97 Å². The van der Waals surface area contributed by atoms with Gasteiger partial charge in [-0.25, -0.2) is 9.78 Å². The van der Waals surface area contributed by atoms with Crippen molar-refractivity contribution in [3.8, 4) is 5.75 Å². The number of carbonyl (C=O) groups excluding carboxylic acids is 1. The highest BCUT2D eigenvalue weighted by atomic mass is 16.5. The van der Waals surface area contributed by atoms with E-state index in [1.807, 2.05) is 24.3 Å². The summed E-state index contributed by atoms with van der Waals surface area (Å²) in [4.78, 5) is 31.3. The van der Waals surface area contributed by atoms with Crippen molar-refractivity contribution in [3.05, 3.63) is 72.1 Å². The fourth-order valence-corrected chi connectivity index (χ4v) is 2.17. The zero-order valence-corrected chi connectivity index (χ0v) is 13.1. The number of para-hydroxylation sites is 2. The van der Waals surface area contributed by atoms with Crippen LogP contribution < -0.4 is 4.74 Å². The highest BCUT2D eigenvalue weighted by Gasteiger charge is 2.04. The van der Waals surface area contributed by atoms with Crippen molar-refractivity contribution >= 4 is 28.9 Å². The molecule has 0 saturated carbocycles. The first-order valence-corrected chi connectivity index (χ1v) is 7.51. The van der Waals surface area contributed by atoms with Crippen LogP contribution in [-0.4, -0.2) is 33.4 Å². The highest BCUT2D eigenvalue weighted by molar-refractivity contribution is 6.06. The van der Waals surface area contributed by atoms with Crippen molar-refractivity contribution in [2.45, 2.75) is 0 Å². The van der Waals surface area contributed by atoms with E-state index >= 15 is 0 Å². The first kappa shape index (κ1) is 16.3. The molecule has 0 radical (unpaired) electrons. The van der Waals surface area contributed by atoms with E-state index < -0.39 is 12.6 Å². The lowest BCUT2D eigenvalue weighted by atomic mass is 10.1. The third-order valence-corrected chi connectivity index (χ3v) is 3.37. The molecule has 6 heteroatoms. The van der Waals surface area contributed by atoms with E-state index in [1.54, 1.807) is 36.5 Å². The fraction of sp³-hybridized carbons (Fsp3) is 0.0526. The number of aliphatic carboxylic acids is 1. The summed E-state index contributed by atoms with van der Waals surface area (Å²) in [5.74, 6) is -0.859. The Morgan fingerprint density at radius 3 is 2.48 bits per heavy atom. The molecule has 1 N–H and O–H groups in total. The molecular formula is C19H14N2O4. The van der Waals surface area contributed by atoms with Crippen molar-refractivity contribution < 1.29 is 19.4 Å². The second kappa shape index (κ2) is 7.35. The SMILES string of the molecule is O=C(O)COc1ccc(C(=O)/C=C/c2cnc3ccccc3n2)cc1. The molecular weight excluding hydrogens is 320 g/mol. The average molecular weight is 334 g/mol. The third-order valence-electron chi connectivity index (χ3n) is 3.37. The van der Waals surface area contributed by atoms with Gasteiger partial charge in [-0.15, -0.1) is 0 Å². The predicted molar refractivity (Wildman–Crippen MR) is 92.5 cm³/mol. The standard InChI is InChI=1S/C19H14N2O4/c22-18(13-5-8-15(9-6-13)25-12-19(23)24)10-7-14-11-20-16-3-1-2-4-17(16)21-14/h1-11H,12H2,(H,23,24)/b10-7+. The van der Waals surface area contributed by atoms with Crippen molar-refractivity contribution in [1.29, 1.82) is 0 Å². The molecule has 124 valence electrons. The lowest BCUT2D eigenvalue weighted by molar-refractivity contribution is -0.139. The molecule has 0 aliphatic rings. The van der Waals surface area contributed by atoms with Crippen LogP contribution in [0, 0.1) is 0 Å². The number of benzene rings is 2. The van der Waals surface area contributed by atoms with Crippen LogP contribution in [0.15, 0.2) is 60.8 Å². The van der Waals surface area contributed by atoms with Crippen LogP contribution in [0.4, 0.5) is 0 Å². The summed E-state index contributed by atoms with van der Waals surface area (Å²) in [5, 5.41) is 8.56. The molecule has 0 fully saturated rings. The summed E-state index contributed by atoms with van der Waals surface area (Å²) >= 11 is 0. The molecule has 2 aromatic carbocycles. The smallest absolute Gasteiger partial charge is 0.341 e. The Labute approximate surface area is 143 Å². The number of carboxylic acids is 1. The summed E-state index contributed by atoms with van der Waals surface area (Å²) in [6, 6.07) is 13.8. The Kier molecular flexibility index (Phi) is 4.80. The molecule has 0 atom stereocenters. The zero-order valence-electron chi connectivity index (χ0n) is 13.1. The van der Waals surface area contributed by atoms with Crippen LogP contribution in [0.25, 0.3) is 17.1 Å². The van der Waals surface area contributed by atoms with E-state index in [0.29, 0.717) is 17.0 Å². The third kappa shape index (κ3) is 4.26. The maximum Gasteiger partial charge on any atom is 0.341 e. The van der Waals surface area contributed by atoms with Crippen LogP contribution >= 0.6 is 0 Å². The van der Waals surface area contributed by atoms with Crippen molar-refractivity contribution in [1.82, 2.24) is 9.97 Å². The predicted octanol–water partition coefficient (Wildman–Crippen LogP) is 2.99. The van der Waals surface area contributed by atoms with Crippen LogP contribution in [0.1, 0.15) is 16.1 Å². The second-order valence-corrected chi connectivity index (χ2v) is 5.19. The molecule has 0 spiro atoms. The van der Waals surface area contributed by atoms with E-state index in [1.165, 1.54) is 6.08 Å². The van der Waals surface area contributed by atoms with Gasteiger partial charge in [-0.05, 0) is 48.6 Å². The van der Waals surface area contributed by atoms with E-state index in [4.69, 9.17) is 9.84 Å². The number of allylic oxidation sites excluding steroid dienone is 1. The number of nitrogens with zero attached hydrogens (tertiary/aromatic N) is 2. The minimum Gasteiger partial charge on any atom is -0.482 e. The molecule has 0 unspecified atom stereocenters. The largest absolute Gasteiger partial charge is 0.482 e. The van der Waals surface area contributed by atoms with Gasteiger partial charge in [0.15, 0.2) is 12.4 Å². The number of ketones is 1. The summed E-state index contributed by atoms with van der Waals surface area (Å²) in [5.41, 5.74) is 2.61. The topological polar surface area (TPSA) is 89.4 Å². The minimum atomic E-state index is -1.06. The van der Waals surface area contributed by atoms with Gasteiger partial charge in [0, 0.05) is 5.56 Å². The van der Waals surface area contributed by atoms with E-state index in [9.17, 15) is 9.59 Å². The number of fused-ring (bicyclic) bond motifs is 1. The van der Waals surface area contributed by atoms with Crippen LogP contribution in [-0.2, 0) is 4.79 Å². The number of hydrogen-bond donors (Lipinski definition) is 1. The number of rotatable bonds is 6.